The summed E-state index contributed by atoms with van der Waals surface area (Å²) in [5.74, 6) is -0.111. The van der Waals surface area contributed by atoms with Gasteiger partial charge < -0.3 is 19.0 Å². The second-order valence-electron chi connectivity index (χ2n) is 9.56. The third-order valence-electron chi connectivity index (χ3n) is 7.62. The number of nitrogens with one attached hydrogen (secondary N) is 1. The van der Waals surface area contributed by atoms with Crippen molar-refractivity contribution in [2.75, 3.05) is 7.11 Å². The maximum absolute atomic E-state index is 13.7. The minimum atomic E-state index is -0.494. The molecule has 6 nitrogen and oxygen atoms in total. The Morgan fingerprint density at radius 3 is 2.64 bits per heavy atom. The number of ketones is 1. The Balaban J connectivity index is 1.55. The van der Waals surface area contributed by atoms with Crippen molar-refractivity contribution in [1.82, 2.24) is 9.88 Å². The van der Waals surface area contributed by atoms with Gasteiger partial charge in [0.15, 0.2) is 5.78 Å². The molecule has 0 saturated carbocycles. The Hall–Kier alpha value is -4.06. The van der Waals surface area contributed by atoms with Crippen molar-refractivity contribution < 1.29 is 18.7 Å². The summed E-state index contributed by atoms with van der Waals surface area (Å²) < 4.78 is 13.1. The third-order valence-corrected chi connectivity index (χ3v) is 7.62. The summed E-state index contributed by atoms with van der Waals surface area (Å²) in [6.07, 6.45) is 2.63. The molecule has 0 radical (unpaired) electrons. The highest BCUT2D eigenvalue weighted by atomic mass is 16.5. The maximum atomic E-state index is 13.7. The van der Waals surface area contributed by atoms with Crippen LogP contribution in [0.2, 0.25) is 0 Å². The molecule has 36 heavy (non-hydrogen) atoms. The highest BCUT2D eigenvalue weighted by Gasteiger charge is 2.41. The van der Waals surface area contributed by atoms with E-state index in [2.05, 4.69) is 53.2 Å². The van der Waals surface area contributed by atoms with Crippen molar-refractivity contribution in [3.8, 4) is 0 Å². The van der Waals surface area contributed by atoms with Crippen molar-refractivity contribution in [3.05, 3.63) is 94.7 Å². The van der Waals surface area contributed by atoms with Crippen LogP contribution in [0, 0.1) is 0 Å². The van der Waals surface area contributed by atoms with Gasteiger partial charge in [0, 0.05) is 63.6 Å². The molecule has 4 aromatic rings. The number of para-hydroxylation sites is 1. The number of aromatic nitrogens is 1. The van der Waals surface area contributed by atoms with E-state index in [1.54, 1.807) is 6.26 Å². The number of Topliss-reactive ketones (excluding diaryl/α,β-unsaturated/α-hetero) is 1. The fourth-order valence-electron chi connectivity index (χ4n) is 6.07. The van der Waals surface area contributed by atoms with Crippen LogP contribution in [-0.2, 0) is 20.9 Å². The summed E-state index contributed by atoms with van der Waals surface area (Å²) in [7, 11) is 1.39. The number of aryl methyl sites for hydroxylation is 1. The Morgan fingerprint density at radius 2 is 1.89 bits per heavy atom. The summed E-state index contributed by atoms with van der Waals surface area (Å²) in [6.45, 7) is 4.87. The maximum Gasteiger partial charge on any atom is 0.336 e. The van der Waals surface area contributed by atoms with Gasteiger partial charge in [0.2, 0.25) is 0 Å². The topological polar surface area (TPSA) is 73.5 Å². The molecule has 2 aliphatic rings. The molecule has 3 heterocycles. The molecule has 6 rings (SSSR count). The van der Waals surface area contributed by atoms with E-state index in [0.29, 0.717) is 24.0 Å². The van der Waals surface area contributed by atoms with Gasteiger partial charge >= 0.3 is 5.97 Å². The normalized spacial score (nSPS) is 20.1. The first kappa shape index (κ1) is 22.4. The zero-order valence-electron chi connectivity index (χ0n) is 20.6. The van der Waals surface area contributed by atoms with Gasteiger partial charge in [0.05, 0.1) is 18.9 Å². The summed E-state index contributed by atoms with van der Waals surface area (Å²) in [6, 6.07) is 18.4. The minimum absolute atomic E-state index is 0.0279. The number of carbonyl (C=O) groups is 2. The largest absolute Gasteiger partial charge is 0.469 e. The molecule has 0 spiro atoms. The number of methoxy groups -OCH3 is 1. The Labute approximate surface area is 209 Å². The molecule has 1 aliphatic carbocycles. The van der Waals surface area contributed by atoms with Gasteiger partial charge in [0.1, 0.15) is 5.76 Å². The van der Waals surface area contributed by atoms with E-state index in [-0.39, 0.29) is 11.7 Å². The predicted octanol–water partition coefficient (Wildman–Crippen LogP) is 5.94. The number of esters is 1. The highest BCUT2D eigenvalue weighted by Crippen LogP contribution is 2.46. The molecule has 0 bridgehead atoms. The molecule has 2 aromatic carbocycles. The van der Waals surface area contributed by atoms with E-state index >= 15 is 0 Å². The van der Waals surface area contributed by atoms with Gasteiger partial charge in [-0.2, -0.15) is 0 Å². The number of dihydropyridines is 1. The van der Waals surface area contributed by atoms with Crippen LogP contribution < -0.4 is 5.32 Å². The van der Waals surface area contributed by atoms with E-state index < -0.39 is 11.9 Å². The zero-order valence-corrected chi connectivity index (χ0v) is 20.6. The molecular weight excluding hydrogens is 452 g/mol. The SMILES string of the molecule is CCn1c2ccccc2c2cc([C@@H]3C(C(=O)OC)=C(C)NC4=C3C(=O)C[C@H](c3ccco3)C4)ccc21. The van der Waals surface area contributed by atoms with Crippen molar-refractivity contribution in [3.63, 3.8) is 0 Å². The number of fused-ring (bicyclic) bond motifs is 3. The van der Waals surface area contributed by atoms with E-state index in [1.807, 2.05) is 25.1 Å². The zero-order chi connectivity index (χ0) is 25.0. The van der Waals surface area contributed by atoms with Gasteiger partial charge in [-0.05, 0) is 56.2 Å². The standard InChI is InChI=1S/C30H28N2O4/c1-4-32-23-9-6-5-8-20(23)21-14-18(11-12-24(21)32)28-27(30(34)35-3)17(2)31-22-15-19(16-25(33)29(22)28)26-10-7-13-36-26/h5-14,19,28,31H,4,15-16H2,1-3H3/t19-,28-/m1/s1. The smallest absolute Gasteiger partial charge is 0.336 e. The average molecular weight is 481 g/mol. The van der Waals surface area contributed by atoms with Crippen LogP contribution in [0.1, 0.15) is 49.8 Å². The molecule has 2 atom stereocenters. The predicted molar refractivity (Wildman–Crippen MR) is 138 cm³/mol. The molecule has 0 unspecified atom stereocenters. The van der Waals surface area contributed by atoms with E-state index in [4.69, 9.17) is 9.15 Å². The molecule has 2 aromatic heterocycles. The Kier molecular flexibility index (Phi) is 5.32. The van der Waals surface area contributed by atoms with Crippen molar-refractivity contribution in [2.45, 2.75) is 45.1 Å². The second kappa shape index (κ2) is 8.55. The van der Waals surface area contributed by atoms with E-state index in [0.717, 1.165) is 45.6 Å². The molecule has 1 N–H and O–H groups in total. The summed E-state index contributed by atoms with van der Waals surface area (Å²) in [5, 5.41) is 5.65. The van der Waals surface area contributed by atoms with E-state index in [9.17, 15) is 9.59 Å². The second-order valence-corrected chi connectivity index (χ2v) is 9.56. The Bertz CT molecular complexity index is 1590. The number of allylic oxidation sites excluding steroid dienone is 3. The lowest BCUT2D eigenvalue weighted by atomic mass is 9.72. The molecule has 0 saturated heterocycles. The number of hydrogen-bond donors (Lipinski definition) is 1. The van der Waals surface area contributed by atoms with Gasteiger partial charge in [-0.15, -0.1) is 0 Å². The van der Waals surface area contributed by atoms with Crippen LogP contribution in [0.4, 0.5) is 0 Å². The van der Waals surface area contributed by atoms with Crippen molar-refractivity contribution in [1.29, 1.82) is 0 Å². The summed E-state index contributed by atoms with van der Waals surface area (Å²) in [4.78, 5) is 26.7. The Morgan fingerprint density at radius 1 is 1.08 bits per heavy atom. The number of rotatable bonds is 4. The summed E-state index contributed by atoms with van der Waals surface area (Å²) >= 11 is 0. The third kappa shape index (κ3) is 3.32. The fourth-order valence-corrected chi connectivity index (χ4v) is 6.07. The molecular formula is C30H28N2O4. The van der Waals surface area contributed by atoms with Gasteiger partial charge in [-0.1, -0.05) is 24.3 Å². The first-order valence-corrected chi connectivity index (χ1v) is 12.4. The number of ether oxygens (including phenoxy) is 1. The van der Waals surface area contributed by atoms with E-state index in [1.165, 1.54) is 12.6 Å². The number of furan rings is 1. The monoisotopic (exact) mass is 480 g/mol. The van der Waals surface area contributed by atoms with Crippen LogP contribution >= 0.6 is 0 Å². The molecule has 1 aliphatic heterocycles. The van der Waals surface area contributed by atoms with Crippen LogP contribution in [0.3, 0.4) is 0 Å². The first-order valence-electron chi connectivity index (χ1n) is 12.4. The average Bonchev–Trinajstić information content (AvgIpc) is 3.53. The number of hydrogen-bond acceptors (Lipinski definition) is 5. The molecule has 6 heteroatoms. The van der Waals surface area contributed by atoms with Gasteiger partial charge in [-0.25, -0.2) is 4.79 Å². The lowest BCUT2D eigenvalue weighted by Gasteiger charge is -2.36. The highest BCUT2D eigenvalue weighted by molar-refractivity contribution is 6.09. The lowest BCUT2D eigenvalue weighted by Crippen LogP contribution is -2.35. The van der Waals surface area contributed by atoms with Crippen LogP contribution in [0.5, 0.6) is 0 Å². The van der Waals surface area contributed by atoms with Crippen LogP contribution in [0.15, 0.2) is 87.8 Å². The minimum Gasteiger partial charge on any atom is -0.469 e. The van der Waals surface area contributed by atoms with Gasteiger partial charge in [0.25, 0.3) is 0 Å². The lowest BCUT2D eigenvalue weighted by molar-refractivity contribution is -0.136. The summed E-state index contributed by atoms with van der Waals surface area (Å²) in [5.41, 5.74) is 5.95. The van der Waals surface area contributed by atoms with Crippen LogP contribution in [0.25, 0.3) is 21.8 Å². The van der Waals surface area contributed by atoms with Crippen LogP contribution in [-0.4, -0.2) is 23.4 Å². The first-order chi connectivity index (χ1) is 17.5. The number of nitrogens with zero attached hydrogens (tertiary/aromatic N) is 1. The fraction of sp³-hybridized carbons (Fsp3) is 0.267. The number of carbonyl (C=O) groups excluding carboxylic acids is 2. The van der Waals surface area contributed by atoms with Gasteiger partial charge in [-0.3, -0.25) is 4.79 Å². The quantitative estimate of drug-likeness (QED) is 0.366. The van der Waals surface area contributed by atoms with Crippen molar-refractivity contribution in [2.24, 2.45) is 0 Å². The number of benzene rings is 2. The molecule has 0 amide bonds. The van der Waals surface area contributed by atoms with Crippen molar-refractivity contribution >= 4 is 33.6 Å². The molecule has 0 fully saturated rings. The molecule has 182 valence electrons.